The van der Waals surface area contributed by atoms with Gasteiger partial charge in [-0.15, -0.1) is 6.58 Å². The van der Waals surface area contributed by atoms with Crippen LogP contribution in [-0.2, 0) is 6.54 Å². The van der Waals surface area contributed by atoms with E-state index in [1.807, 2.05) is 38.1 Å². The number of aromatic nitrogens is 1. The monoisotopic (exact) mass is 412 g/mol. The molecule has 1 aromatic heterocycles. The fraction of sp³-hybridized carbons (Fsp3) is 0.478. The molecule has 1 aromatic carbocycles. The second kappa shape index (κ2) is 10.5. The number of hydrogen-bond donors (Lipinski definition) is 2. The Kier molecular flexibility index (Phi) is 7.79. The van der Waals surface area contributed by atoms with Crippen LogP contribution in [0, 0.1) is 13.8 Å². The van der Waals surface area contributed by atoms with Crippen molar-refractivity contribution in [3.8, 4) is 0 Å². The maximum Gasteiger partial charge on any atom is 0.277 e. The van der Waals surface area contributed by atoms with Crippen LogP contribution < -0.4 is 5.32 Å². The summed E-state index contributed by atoms with van der Waals surface area (Å²) in [7, 11) is 0. The number of aryl methyl sites for hydroxylation is 2. The van der Waals surface area contributed by atoms with Crippen LogP contribution >= 0.6 is 0 Å². The van der Waals surface area contributed by atoms with Gasteiger partial charge in [-0.25, -0.2) is 4.98 Å². The molecule has 0 saturated carbocycles. The fourth-order valence-corrected chi connectivity index (χ4v) is 3.52. The number of hydrogen-bond acceptors (Lipinski definition) is 6. The van der Waals surface area contributed by atoms with E-state index in [9.17, 15) is 9.90 Å². The summed E-state index contributed by atoms with van der Waals surface area (Å²) in [6.07, 6.45) is 4.54. The summed E-state index contributed by atoms with van der Waals surface area (Å²) in [5.74, 6) is 0.270. The molecular weight excluding hydrogens is 380 g/mol. The quantitative estimate of drug-likeness (QED) is 0.616. The Morgan fingerprint density at radius 3 is 2.70 bits per heavy atom. The number of rotatable bonds is 9. The third-order valence-electron chi connectivity index (χ3n) is 5.55. The van der Waals surface area contributed by atoms with Crippen molar-refractivity contribution in [1.29, 1.82) is 0 Å². The van der Waals surface area contributed by atoms with Gasteiger partial charge in [-0.2, -0.15) is 0 Å². The number of carbonyl (C=O) groups is 1. The smallest absolute Gasteiger partial charge is 0.277 e. The lowest BCUT2D eigenvalue weighted by atomic mass is 10.1. The Morgan fingerprint density at radius 2 is 2.00 bits per heavy atom. The highest BCUT2D eigenvalue weighted by Gasteiger charge is 2.21. The molecule has 0 radical (unpaired) electrons. The summed E-state index contributed by atoms with van der Waals surface area (Å²) in [4.78, 5) is 21.3. The van der Waals surface area contributed by atoms with Gasteiger partial charge in [-0.1, -0.05) is 12.1 Å². The molecule has 2 N–H and O–H groups in total. The van der Waals surface area contributed by atoms with E-state index in [-0.39, 0.29) is 17.7 Å². The number of β-amino-alcohol motifs (C(OH)–C–C–N with tert-alkyl or cyclic N) is 1. The van der Waals surface area contributed by atoms with Gasteiger partial charge in [0.2, 0.25) is 5.89 Å². The number of amides is 1. The molecule has 1 saturated heterocycles. The van der Waals surface area contributed by atoms with Crippen LogP contribution in [0.2, 0.25) is 0 Å². The molecule has 162 valence electrons. The number of carbonyl (C=O) groups excluding carboxylic acids is 1. The predicted octanol–water partition coefficient (Wildman–Crippen LogP) is 2.99. The molecule has 1 aliphatic heterocycles. The van der Waals surface area contributed by atoms with Crippen molar-refractivity contribution in [3.05, 3.63) is 59.8 Å². The van der Waals surface area contributed by atoms with Crippen molar-refractivity contribution in [2.45, 2.75) is 39.3 Å². The number of nitrogens with one attached hydrogen (secondary N) is 1. The van der Waals surface area contributed by atoms with Crippen LogP contribution in [0.15, 0.2) is 41.5 Å². The topological polar surface area (TPSA) is 81.8 Å². The van der Waals surface area contributed by atoms with Crippen LogP contribution in [0.1, 0.15) is 40.3 Å². The third kappa shape index (κ3) is 6.26. The Hall–Kier alpha value is -2.48. The molecule has 1 fully saturated rings. The van der Waals surface area contributed by atoms with Crippen molar-refractivity contribution in [2.24, 2.45) is 0 Å². The highest BCUT2D eigenvalue weighted by atomic mass is 16.3. The van der Waals surface area contributed by atoms with Crippen LogP contribution in [0.5, 0.6) is 0 Å². The lowest BCUT2D eigenvalue weighted by Crippen LogP contribution is -2.48. The number of aliphatic hydroxyl groups is 1. The Balaban J connectivity index is 1.46. The highest BCUT2D eigenvalue weighted by molar-refractivity contribution is 6.02. The minimum atomic E-state index is -0.306. The number of benzene rings is 1. The first-order valence-corrected chi connectivity index (χ1v) is 10.5. The van der Waals surface area contributed by atoms with Gasteiger partial charge in [0.05, 0.1) is 12.6 Å². The first kappa shape index (κ1) is 22.2. The first-order valence-electron chi connectivity index (χ1n) is 10.5. The van der Waals surface area contributed by atoms with E-state index in [0.717, 1.165) is 50.3 Å². The second-order valence-electron chi connectivity index (χ2n) is 7.98. The number of aliphatic hydroxyl groups excluding tert-OH is 1. The Bertz CT molecular complexity index is 856. The number of allylic oxidation sites excluding steroid dienone is 1. The van der Waals surface area contributed by atoms with Crippen molar-refractivity contribution in [3.63, 3.8) is 0 Å². The van der Waals surface area contributed by atoms with Gasteiger partial charge in [0.25, 0.3) is 5.91 Å². The van der Waals surface area contributed by atoms with Gasteiger partial charge in [0.15, 0.2) is 5.69 Å². The van der Waals surface area contributed by atoms with E-state index in [1.165, 1.54) is 11.8 Å². The summed E-state index contributed by atoms with van der Waals surface area (Å²) in [6.45, 7) is 12.6. The molecule has 1 amide bonds. The van der Waals surface area contributed by atoms with Gasteiger partial charge >= 0.3 is 0 Å². The maximum atomic E-state index is 12.5. The molecule has 3 rings (SSSR count). The zero-order chi connectivity index (χ0) is 21.5. The summed E-state index contributed by atoms with van der Waals surface area (Å²) in [6, 6.07) is 5.81. The molecule has 7 nitrogen and oxygen atoms in total. The van der Waals surface area contributed by atoms with Gasteiger partial charge < -0.3 is 14.8 Å². The minimum Gasteiger partial charge on any atom is -0.447 e. The summed E-state index contributed by atoms with van der Waals surface area (Å²) >= 11 is 0. The second-order valence-corrected chi connectivity index (χ2v) is 7.98. The number of piperazine rings is 1. The lowest BCUT2D eigenvalue weighted by Gasteiger charge is -2.34. The number of oxazole rings is 1. The average molecular weight is 413 g/mol. The van der Waals surface area contributed by atoms with E-state index in [4.69, 9.17) is 4.42 Å². The van der Waals surface area contributed by atoms with Gasteiger partial charge in [0.1, 0.15) is 6.26 Å². The Labute approximate surface area is 178 Å². The van der Waals surface area contributed by atoms with E-state index < -0.39 is 0 Å². The van der Waals surface area contributed by atoms with E-state index >= 15 is 0 Å². The van der Waals surface area contributed by atoms with Gasteiger partial charge in [0, 0.05) is 38.4 Å². The standard InChI is InChI=1S/C23H32N4O3/c1-4-5-6-20(28)14-26-9-11-27(12-10-26)15-22-25-21(16-30-22)23(29)24-19-8-7-17(2)18(3)13-19/h4,7-8,13,16,20,28H,1,5-6,9-12,14-15H2,2-3H3,(H,24,29). The summed E-state index contributed by atoms with van der Waals surface area (Å²) < 4.78 is 5.53. The van der Waals surface area contributed by atoms with Crippen LogP contribution in [0.25, 0.3) is 0 Å². The molecule has 30 heavy (non-hydrogen) atoms. The fourth-order valence-electron chi connectivity index (χ4n) is 3.52. The SMILES string of the molecule is C=CCCC(O)CN1CCN(Cc2nc(C(=O)Nc3ccc(C)c(C)c3)co2)CC1. The highest BCUT2D eigenvalue weighted by Crippen LogP contribution is 2.16. The van der Waals surface area contributed by atoms with Gasteiger partial charge in [-0.05, 0) is 49.9 Å². The average Bonchev–Trinajstić information content (AvgIpc) is 3.19. The predicted molar refractivity (Wildman–Crippen MR) is 118 cm³/mol. The van der Waals surface area contributed by atoms with Crippen molar-refractivity contribution < 1.29 is 14.3 Å². The molecule has 0 aliphatic carbocycles. The van der Waals surface area contributed by atoms with Gasteiger partial charge in [-0.3, -0.25) is 14.6 Å². The molecule has 0 spiro atoms. The van der Waals surface area contributed by atoms with E-state index in [1.54, 1.807) is 0 Å². The van der Waals surface area contributed by atoms with Crippen molar-refractivity contribution in [1.82, 2.24) is 14.8 Å². The maximum absolute atomic E-state index is 12.5. The van der Waals surface area contributed by atoms with Crippen LogP contribution in [0.3, 0.4) is 0 Å². The van der Waals surface area contributed by atoms with E-state index in [2.05, 4.69) is 26.7 Å². The molecule has 2 heterocycles. The van der Waals surface area contributed by atoms with Crippen molar-refractivity contribution in [2.75, 3.05) is 38.0 Å². The van der Waals surface area contributed by atoms with E-state index in [0.29, 0.717) is 19.0 Å². The molecule has 7 heteroatoms. The lowest BCUT2D eigenvalue weighted by molar-refractivity contribution is 0.0642. The molecule has 1 atom stereocenters. The van der Waals surface area contributed by atoms with Crippen LogP contribution in [0.4, 0.5) is 5.69 Å². The largest absolute Gasteiger partial charge is 0.447 e. The zero-order valence-electron chi connectivity index (χ0n) is 17.9. The van der Waals surface area contributed by atoms with Crippen molar-refractivity contribution >= 4 is 11.6 Å². The normalized spacial score (nSPS) is 16.4. The number of anilines is 1. The summed E-state index contributed by atoms with van der Waals surface area (Å²) in [5.41, 5.74) is 3.34. The molecule has 2 aromatic rings. The first-order chi connectivity index (χ1) is 14.4. The zero-order valence-corrected chi connectivity index (χ0v) is 17.9. The number of nitrogens with zero attached hydrogens (tertiary/aromatic N) is 3. The molecule has 1 unspecified atom stereocenters. The Morgan fingerprint density at radius 1 is 1.27 bits per heavy atom. The third-order valence-corrected chi connectivity index (χ3v) is 5.55. The van der Waals surface area contributed by atoms with Crippen LogP contribution in [-0.4, -0.2) is 64.6 Å². The molecule has 1 aliphatic rings. The minimum absolute atomic E-state index is 0.272. The molecular formula is C23H32N4O3. The summed E-state index contributed by atoms with van der Waals surface area (Å²) in [5, 5.41) is 12.9. The molecule has 0 bridgehead atoms.